The number of nitrogens with one attached hydrogen (secondary N) is 1. The fourth-order valence-electron chi connectivity index (χ4n) is 2.91. The number of hydrogen-bond donors (Lipinski definition) is 1. The summed E-state index contributed by atoms with van der Waals surface area (Å²) in [5, 5.41) is 0. The molecule has 0 radical (unpaired) electrons. The summed E-state index contributed by atoms with van der Waals surface area (Å²) in [6, 6.07) is 10.8. The molecule has 7 nitrogen and oxygen atoms in total. The van der Waals surface area contributed by atoms with Crippen molar-refractivity contribution in [2.45, 2.75) is 24.7 Å². The van der Waals surface area contributed by atoms with Gasteiger partial charge >= 0.3 is 5.97 Å². The first-order valence-electron chi connectivity index (χ1n) is 8.44. The molecule has 0 bridgehead atoms. The number of benzene rings is 2. The van der Waals surface area contributed by atoms with Crippen molar-refractivity contribution >= 4 is 33.3 Å². The number of sulfonamides is 1. The second-order valence-corrected chi connectivity index (χ2v) is 7.95. The lowest BCUT2D eigenvalue weighted by atomic mass is 10.1. The van der Waals surface area contributed by atoms with Crippen LogP contribution < -0.4 is 9.62 Å². The van der Waals surface area contributed by atoms with Gasteiger partial charge in [0.1, 0.15) is 0 Å². The van der Waals surface area contributed by atoms with Crippen LogP contribution in [0.4, 0.5) is 11.4 Å². The number of methoxy groups -OCH3 is 1. The Morgan fingerprint density at radius 1 is 1.15 bits per heavy atom. The smallest absolute Gasteiger partial charge is 0.337 e. The number of carbonyl (C=O) groups is 2. The third-order valence-electron chi connectivity index (χ3n) is 4.44. The minimum absolute atomic E-state index is 0.0407. The molecular formula is C19H20N2O5S. The van der Waals surface area contributed by atoms with E-state index in [0.717, 1.165) is 6.42 Å². The highest BCUT2D eigenvalue weighted by atomic mass is 32.2. The van der Waals surface area contributed by atoms with E-state index in [1.807, 2.05) is 0 Å². The number of anilines is 2. The number of nitrogens with zero attached hydrogens (tertiary/aromatic N) is 1. The molecule has 8 heteroatoms. The molecular weight excluding hydrogens is 368 g/mol. The summed E-state index contributed by atoms with van der Waals surface area (Å²) in [5.74, 6) is -0.505. The van der Waals surface area contributed by atoms with Gasteiger partial charge in [0.25, 0.3) is 10.0 Å². The molecule has 1 saturated heterocycles. The van der Waals surface area contributed by atoms with Gasteiger partial charge in [0.05, 0.1) is 23.3 Å². The van der Waals surface area contributed by atoms with Gasteiger partial charge in [-0.05, 0) is 55.3 Å². The van der Waals surface area contributed by atoms with Gasteiger partial charge in [-0.15, -0.1) is 0 Å². The third-order valence-corrected chi connectivity index (χ3v) is 5.82. The summed E-state index contributed by atoms with van der Waals surface area (Å²) in [5.41, 5.74) is 1.91. The molecule has 27 heavy (non-hydrogen) atoms. The van der Waals surface area contributed by atoms with E-state index < -0.39 is 16.0 Å². The fourth-order valence-corrected chi connectivity index (χ4v) is 4.03. The van der Waals surface area contributed by atoms with Gasteiger partial charge in [0.2, 0.25) is 5.91 Å². The molecule has 0 aromatic heterocycles. The Labute approximate surface area is 158 Å². The topological polar surface area (TPSA) is 92.8 Å². The van der Waals surface area contributed by atoms with Gasteiger partial charge in [-0.3, -0.25) is 9.52 Å². The predicted octanol–water partition coefficient (Wildman–Crippen LogP) is 2.71. The van der Waals surface area contributed by atoms with Crippen molar-refractivity contribution in [1.82, 2.24) is 0 Å². The molecule has 0 aliphatic carbocycles. The van der Waals surface area contributed by atoms with E-state index in [2.05, 4.69) is 9.46 Å². The average Bonchev–Trinajstić information content (AvgIpc) is 3.08. The van der Waals surface area contributed by atoms with E-state index in [4.69, 9.17) is 0 Å². The van der Waals surface area contributed by atoms with Crippen molar-refractivity contribution in [1.29, 1.82) is 0 Å². The maximum atomic E-state index is 12.7. The van der Waals surface area contributed by atoms with Crippen LogP contribution in [0.1, 0.15) is 28.8 Å². The molecule has 142 valence electrons. The van der Waals surface area contributed by atoms with Crippen LogP contribution in [-0.4, -0.2) is 33.9 Å². The highest BCUT2D eigenvalue weighted by molar-refractivity contribution is 7.92. The summed E-state index contributed by atoms with van der Waals surface area (Å²) in [6.07, 6.45) is 1.31. The first kappa shape index (κ1) is 18.9. The first-order chi connectivity index (χ1) is 12.8. The fraction of sp³-hybridized carbons (Fsp3) is 0.263. The summed E-state index contributed by atoms with van der Waals surface area (Å²) < 4.78 is 32.6. The zero-order chi connectivity index (χ0) is 19.6. The molecule has 0 atom stereocenters. The van der Waals surface area contributed by atoms with E-state index in [9.17, 15) is 18.0 Å². The summed E-state index contributed by atoms with van der Waals surface area (Å²) >= 11 is 0. The molecule has 0 saturated carbocycles. The summed E-state index contributed by atoms with van der Waals surface area (Å²) in [6.45, 7) is 2.38. The Morgan fingerprint density at radius 3 is 2.44 bits per heavy atom. The Morgan fingerprint density at radius 2 is 1.85 bits per heavy atom. The van der Waals surface area contributed by atoms with Gasteiger partial charge in [-0.2, -0.15) is 0 Å². The quantitative estimate of drug-likeness (QED) is 0.795. The molecule has 0 spiro atoms. The zero-order valence-electron chi connectivity index (χ0n) is 15.1. The predicted molar refractivity (Wildman–Crippen MR) is 101 cm³/mol. The average molecular weight is 388 g/mol. The molecule has 1 fully saturated rings. The van der Waals surface area contributed by atoms with Crippen LogP contribution in [0, 0.1) is 6.92 Å². The Hall–Kier alpha value is -2.87. The number of hydrogen-bond acceptors (Lipinski definition) is 5. The molecule has 1 aliphatic heterocycles. The van der Waals surface area contributed by atoms with Crippen LogP contribution >= 0.6 is 0 Å². The lowest BCUT2D eigenvalue weighted by molar-refractivity contribution is -0.117. The van der Waals surface area contributed by atoms with E-state index in [0.29, 0.717) is 29.9 Å². The number of esters is 1. The van der Waals surface area contributed by atoms with Crippen molar-refractivity contribution in [3.8, 4) is 0 Å². The second-order valence-electron chi connectivity index (χ2n) is 6.27. The summed E-state index contributed by atoms with van der Waals surface area (Å²) in [4.78, 5) is 25.2. The van der Waals surface area contributed by atoms with Crippen LogP contribution in [0.3, 0.4) is 0 Å². The maximum Gasteiger partial charge on any atom is 0.337 e. The third kappa shape index (κ3) is 3.95. The zero-order valence-corrected chi connectivity index (χ0v) is 15.9. The van der Waals surface area contributed by atoms with Crippen LogP contribution in [0.15, 0.2) is 47.4 Å². The highest BCUT2D eigenvalue weighted by Crippen LogP contribution is 2.25. The largest absolute Gasteiger partial charge is 0.465 e. The van der Waals surface area contributed by atoms with Crippen molar-refractivity contribution in [2.24, 2.45) is 0 Å². The SMILES string of the molecule is COC(=O)c1ccc(C)c(NS(=O)(=O)c2ccc(N3CCCC3=O)cc2)c1. The van der Waals surface area contributed by atoms with Crippen molar-refractivity contribution in [3.05, 3.63) is 53.6 Å². The monoisotopic (exact) mass is 388 g/mol. The van der Waals surface area contributed by atoms with Gasteiger partial charge in [0, 0.05) is 18.7 Å². The van der Waals surface area contributed by atoms with E-state index >= 15 is 0 Å². The minimum atomic E-state index is -3.84. The molecule has 3 rings (SSSR count). The summed E-state index contributed by atoms with van der Waals surface area (Å²) in [7, 11) is -2.58. The number of ether oxygens (including phenoxy) is 1. The van der Waals surface area contributed by atoms with Gasteiger partial charge in [0.15, 0.2) is 0 Å². The van der Waals surface area contributed by atoms with E-state index in [1.54, 1.807) is 36.1 Å². The lowest BCUT2D eigenvalue weighted by Crippen LogP contribution is -2.23. The first-order valence-corrected chi connectivity index (χ1v) is 9.92. The molecule has 1 N–H and O–H groups in total. The van der Waals surface area contributed by atoms with Gasteiger partial charge in [-0.25, -0.2) is 13.2 Å². The van der Waals surface area contributed by atoms with Crippen molar-refractivity contribution in [2.75, 3.05) is 23.3 Å². The van der Waals surface area contributed by atoms with E-state index in [-0.39, 0.29) is 16.4 Å². The van der Waals surface area contributed by atoms with Crippen LogP contribution in [-0.2, 0) is 19.6 Å². The molecule has 1 amide bonds. The lowest BCUT2D eigenvalue weighted by Gasteiger charge is -2.16. The van der Waals surface area contributed by atoms with Crippen molar-refractivity contribution < 1.29 is 22.7 Å². The number of amides is 1. The second kappa shape index (κ2) is 7.40. The Bertz CT molecular complexity index is 984. The number of carbonyl (C=O) groups excluding carboxylic acids is 2. The van der Waals surface area contributed by atoms with Gasteiger partial charge < -0.3 is 9.64 Å². The molecule has 0 unspecified atom stereocenters. The molecule has 2 aromatic carbocycles. The standard InChI is InChI=1S/C19H20N2O5S/c1-13-5-6-14(19(23)26-2)12-17(13)20-27(24,25)16-9-7-15(8-10-16)21-11-3-4-18(21)22/h5-10,12,20H,3-4,11H2,1-2H3. The van der Waals surface area contributed by atoms with Crippen molar-refractivity contribution in [3.63, 3.8) is 0 Å². The Balaban J connectivity index is 1.85. The highest BCUT2D eigenvalue weighted by Gasteiger charge is 2.23. The maximum absolute atomic E-state index is 12.7. The number of rotatable bonds is 5. The Kier molecular flexibility index (Phi) is 5.18. The van der Waals surface area contributed by atoms with E-state index in [1.165, 1.54) is 25.3 Å². The number of aryl methyl sites for hydroxylation is 1. The van der Waals surface area contributed by atoms with Crippen LogP contribution in [0.25, 0.3) is 0 Å². The van der Waals surface area contributed by atoms with Crippen LogP contribution in [0.2, 0.25) is 0 Å². The molecule has 1 aliphatic rings. The molecule has 2 aromatic rings. The normalized spacial score (nSPS) is 14.3. The molecule has 1 heterocycles. The van der Waals surface area contributed by atoms with Crippen LogP contribution in [0.5, 0.6) is 0 Å². The van der Waals surface area contributed by atoms with Gasteiger partial charge in [-0.1, -0.05) is 6.07 Å². The minimum Gasteiger partial charge on any atom is -0.465 e.